The molecule has 0 radical (unpaired) electrons. The zero-order chi connectivity index (χ0) is 11.1. The third-order valence-electron chi connectivity index (χ3n) is 1.55. The summed E-state index contributed by atoms with van der Waals surface area (Å²) >= 11 is 5.51. The quantitative estimate of drug-likeness (QED) is 0.576. The molecule has 1 N–H and O–H groups in total. The predicted molar refractivity (Wildman–Crippen MR) is 58.0 cm³/mol. The fourth-order valence-corrected chi connectivity index (χ4v) is 1.04. The monoisotopic (exact) mass is 233 g/mol. The molecule has 0 bridgehead atoms. The number of hydrogen-bond donors (Lipinski definition) is 1. The Labute approximate surface area is 94.2 Å². The van der Waals surface area contributed by atoms with Crippen LogP contribution in [0.15, 0.2) is 4.42 Å². The third-order valence-corrected chi connectivity index (χ3v) is 1.78. The molecule has 15 heavy (non-hydrogen) atoms. The lowest BCUT2D eigenvalue weighted by Gasteiger charge is -2.06. The van der Waals surface area contributed by atoms with E-state index < -0.39 is 0 Å². The van der Waals surface area contributed by atoms with Crippen molar-refractivity contribution in [2.24, 2.45) is 5.92 Å². The lowest BCUT2D eigenvalue weighted by Crippen LogP contribution is -2.12. The van der Waals surface area contributed by atoms with Crippen LogP contribution in [-0.4, -0.2) is 30.0 Å². The maximum Gasteiger partial charge on any atom is 0.315 e. The van der Waals surface area contributed by atoms with Crippen LogP contribution in [0.4, 0.5) is 6.01 Å². The fraction of sp³-hybridized carbons (Fsp3) is 0.778. The maximum atomic E-state index is 5.51. The number of ether oxygens (including phenoxy) is 1. The van der Waals surface area contributed by atoms with Gasteiger partial charge in [0.1, 0.15) is 5.88 Å². The third kappa shape index (κ3) is 4.99. The van der Waals surface area contributed by atoms with Gasteiger partial charge in [-0.3, -0.25) is 0 Å². The summed E-state index contributed by atoms with van der Waals surface area (Å²) in [5.74, 6) is 1.21. The molecular formula is C9H16ClN3O2. The van der Waals surface area contributed by atoms with E-state index in [0.29, 0.717) is 31.0 Å². The Morgan fingerprint density at radius 2 is 2.27 bits per heavy atom. The first-order valence-electron chi connectivity index (χ1n) is 4.92. The normalized spacial score (nSPS) is 10.9. The molecule has 6 heteroatoms. The van der Waals surface area contributed by atoms with E-state index in [2.05, 4.69) is 29.4 Å². The van der Waals surface area contributed by atoms with Gasteiger partial charge in [-0.2, -0.15) is 0 Å². The van der Waals surface area contributed by atoms with Crippen molar-refractivity contribution in [2.45, 2.75) is 19.7 Å². The molecule has 1 heterocycles. The average molecular weight is 234 g/mol. The van der Waals surface area contributed by atoms with Crippen molar-refractivity contribution in [1.82, 2.24) is 10.2 Å². The van der Waals surface area contributed by atoms with Gasteiger partial charge in [-0.25, -0.2) is 0 Å². The highest BCUT2D eigenvalue weighted by atomic mass is 35.5. The first-order chi connectivity index (χ1) is 7.22. The molecule has 86 valence electrons. The van der Waals surface area contributed by atoms with Gasteiger partial charge in [0.05, 0.1) is 6.61 Å². The molecular weight excluding hydrogens is 218 g/mol. The molecule has 0 fully saturated rings. The largest absolute Gasteiger partial charge is 0.407 e. The van der Waals surface area contributed by atoms with Gasteiger partial charge in [0, 0.05) is 13.2 Å². The Morgan fingerprint density at radius 1 is 1.47 bits per heavy atom. The number of halogens is 1. The lowest BCUT2D eigenvalue weighted by atomic mass is 10.2. The summed E-state index contributed by atoms with van der Waals surface area (Å²) in [7, 11) is 0. The highest BCUT2D eigenvalue weighted by Crippen LogP contribution is 2.06. The zero-order valence-electron chi connectivity index (χ0n) is 8.99. The van der Waals surface area contributed by atoms with Crippen LogP contribution in [0.2, 0.25) is 0 Å². The number of nitrogens with zero attached hydrogens (tertiary/aromatic N) is 2. The van der Waals surface area contributed by atoms with E-state index in [9.17, 15) is 0 Å². The summed E-state index contributed by atoms with van der Waals surface area (Å²) in [6, 6.07) is 0.388. The molecule has 0 unspecified atom stereocenters. The summed E-state index contributed by atoms with van der Waals surface area (Å²) in [5, 5.41) is 10.4. The van der Waals surface area contributed by atoms with Gasteiger partial charge >= 0.3 is 6.01 Å². The van der Waals surface area contributed by atoms with E-state index in [1.54, 1.807) is 0 Å². The molecule has 5 nitrogen and oxygen atoms in total. The van der Waals surface area contributed by atoms with Crippen LogP contribution in [-0.2, 0) is 10.6 Å². The number of rotatable bonds is 7. The van der Waals surface area contributed by atoms with Crippen molar-refractivity contribution in [3.8, 4) is 0 Å². The molecule has 1 aromatic heterocycles. The standard InChI is InChI=1S/C9H16ClN3O2/c1-7(2)6-14-4-3-11-9-13-12-8(5-10)15-9/h7H,3-6H2,1-2H3,(H,11,13). The first kappa shape index (κ1) is 12.3. The topological polar surface area (TPSA) is 60.2 Å². The fourth-order valence-electron chi connectivity index (χ4n) is 0.928. The Morgan fingerprint density at radius 3 is 2.87 bits per heavy atom. The first-order valence-corrected chi connectivity index (χ1v) is 5.45. The summed E-state index contributed by atoms with van der Waals surface area (Å²) < 4.78 is 10.5. The van der Waals surface area contributed by atoms with E-state index in [1.807, 2.05) is 0 Å². The number of anilines is 1. The molecule has 0 atom stereocenters. The number of alkyl halides is 1. The van der Waals surface area contributed by atoms with Crippen molar-refractivity contribution in [3.05, 3.63) is 5.89 Å². The minimum Gasteiger partial charge on any atom is -0.407 e. The van der Waals surface area contributed by atoms with Crippen molar-refractivity contribution in [2.75, 3.05) is 25.1 Å². The molecule has 0 amide bonds. The summed E-state index contributed by atoms with van der Waals surface area (Å²) in [5.41, 5.74) is 0. The minimum absolute atomic E-state index is 0.235. The molecule has 0 spiro atoms. The maximum absolute atomic E-state index is 5.51. The Balaban J connectivity index is 2.09. The van der Waals surface area contributed by atoms with Gasteiger partial charge in [0.15, 0.2) is 0 Å². The average Bonchev–Trinajstić information content (AvgIpc) is 2.65. The van der Waals surface area contributed by atoms with Crippen LogP contribution < -0.4 is 5.32 Å². The van der Waals surface area contributed by atoms with E-state index in [1.165, 1.54) is 0 Å². The van der Waals surface area contributed by atoms with Crippen LogP contribution in [0.3, 0.4) is 0 Å². The van der Waals surface area contributed by atoms with Gasteiger partial charge < -0.3 is 14.5 Å². The molecule has 1 rings (SSSR count). The van der Waals surface area contributed by atoms with Gasteiger partial charge in [-0.1, -0.05) is 18.9 Å². The number of hydrogen-bond acceptors (Lipinski definition) is 5. The SMILES string of the molecule is CC(C)COCCNc1nnc(CCl)o1. The number of aromatic nitrogens is 2. The van der Waals surface area contributed by atoms with Crippen molar-refractivity contribution < 1.29 is 9.15 Å². The van der Waals surface area contributed by atoms with E-state index >= 15 is 0 Å². The number of nitrogens with one attached hydrogen (secondary N) is 1. The van der Waals surface area contributed by atoms with E-state index in [-0.39, 0.29) is 5.88 Å². The van der Waals surface area contributed by atoms with Gasteiger partial charge in [-0.15, -0.1) is 16.7 Å². The van der Waals surface area contributed by atoms with Crippen molar-refractivity contribution in [1.29, 1.82) is 0 Å². The van der Waals surface area contributed by atoms with Gasteiger partial charge in [-0.05, 0) is 5.92 Å². The molecule has 0 aliphatic rings. The second-order valence-corrected chi connectivity index (χ2v) is 3.80. The smallest absolute Gasteiger partial charge is 0.315 e. The molecule has 1 aromatic rings. The van der Waals surface area contributed by atoms with Crippen LogP contribution >= 0.6 is 11.6 Å². The van der Waals surface area contributed by atoms with E-state index in [4.69, 9.17) is 20.8 Å². The van der Waals surface area contributed by atoms with Crippen molar-refractivity contribution in [3.63, 3.8) is 0 Å². The van der Waals surface area contributed by atoms with E-state index in [0.717, 1.165) is 6.61 Å². The second-order valence-electron chi connectivity index (χ2n) is 3.53. The lowest BCUT2D eigenvalue weighted by molar-refractivity contribution is 0.118. The van der Waals surface area contributed by atoms with Gasteiger partial charge in [0.2, 0.25) is 5.89 Å². The molecule has 0 aromatic carbocycles. The van der Waals surface area contributed by atoms with Gasteiger partial charge in [0.25, 0.3) is 0 Å². The molecule has 0 saturated carbocycles. The van der Waals surface area contributed by atoms with Crippen LogP contribution in [0, 0.1) is 5.92 Å². The second kappa shape index (κ2) is 6.63. The predicted octanol–water partition coefficient (Wildman–Crippen LogP) is 1.89. The van der Waals surface area contributed by atoms with Crippen molar-refractivity contribution >= 4 is 17.6 Å². The molecule has 0 saturated heterocycles. The Kier molecular flexibility index (Phi) is 5.42. The highest BCUT2D eigenvalue weighted by Gasteiger charge is 2.03. The molecule has 0 aliphatic carbocycles. The highest BCUT2D eigenvalue weighted by molar-refractivity contribution is 6.16. The summed E-state index contributed by atoms with van der Waals surface area (Å²) in [4.78, 5) is 0. The zero-order valence-corrected chi connectivity index (χ0v) is 9.75. The minimum atomic E-state index is 0.235. The summed E-state index contributed by atoms with van der Waals surface area (Å²) in [6.45, 7) is 6.25. The Bertz CT molecular complexity index is 278. The Hall–Kier alpha value is -0.810. The van der Waals surface area contributed by atoms with Crippen LogP contribution in [0.25, 0.3) is 0 Å². The molecule has 0 aliphatic heterocycles. The summed E-state index contributed by atoms with van der Waals surface area (Å²) in [6.07, 6.45) is 0. The van der Waals surface area contributed by atoms with Crippen LogP contribution in [0.1, 0.15) is 19.7 Å². The van der Waals surface area contributed by atoms with Crippen LogP contribution in [0.5, 0.6) is 0 Å².